The molecule has 1 fully saturated rings. The third kappa shape index (κ3) is 3.09. The lowest BCUT2D eigenvalue weighted by Gasteiger charge is -2.20. The molecule has 2 rings (SSSR count). The van der Waals surface area contributed by atoms with Crippen molar-refractivity contribution in [2.24, 2.45) is 0 Å². The van der Waals surface area contributed by atoms with Crippen LogP contribution in [0.4, 0.5) is 5.69 Å². The molecule has 0 aliphatic heterocycles. The van der Waals surface area contributed by atoms with E-state index >= 15 is 0 Å². The maximum Gasteiger partial charge on any atom is 0.237 e. The van der Waals surface area contributed by atoms with Crippen LogP contribution in [0, 0.1) is 0 Å². The van der Waals surface area contributed by atoms with Crippen molar-refractivity contribution in [3.63, 3.8) is 0 Å². The van der Waals surface area contributed by atoms with E-state index in [1.54, 1.807) is 6.20 Å². The fourth-order valence-corrected chi connectivity index (χ4v) is 2.13. The number of pyridine rings is 1. The first-order valence-corrected chi connectivity index (χ1v) is 6.23. The second-order valence-corrected chi connectivity index (χ2v) is 4.77. The number of nitrogens with one attached hydrogen (secondary N) is 1. The highest BCUT2D eigenvalue weighted by Crippen LogP contribution is 2.27. The highest BCUT2D eigenvalue weighted by Gasteiger charge is 2.25. The molecule has 17 heavy (non-hydrogen) atoms. The topological polar surface area (TPSA) is 54.4 Å². The molecule has 4 heteroatoms. The Morgan fingerprint density at radius 2 is 2.29 bits per heavy atom. The summed E-state index contributed by atoms with van der Waals surface area (Å²) in [5, 5.41) is 13.1. The van der Waals surface area contributed by atoms with Gasteiger partial charge in [0.25, 0.3) is 0 Å². The monoisotopic (exact) mass is 236 g/mol. The Kier molecular flexibility index (Phi) is 3.84. The predicted octanol–water partition coefficient (Wildman–Crippen LogP) is 2.19. The van der Waals surface area contributed by atoms with Crippen molar-refractivity contribution < 1.29 is 9.84 Å². The van der Waals surface area contributed by atoms with E-state index in [1.165, 1.54) is 0 Å². The van der Waals surface area contributed by atoms with Crippen LogP contribution in [0.5, 0.6) is 5.88 Å². The number of ether oxygens (including phenoxy) is 1. The minimum atomic E-state index is -0.262. The van der Waals surface area contributed by atoms with Gasteiger partial charge in [-0.15, -0.1) is 0 Å². The Bertz CT molecular complexity index is 368. The van der Waals surface area contributed by atoms with Crippen LogP contribution >= 0.6 is 0 Å². The molecule has 1 heterocycles. The maximum atomic E-state index is 9.80. The van der Waals surface area contributed by atoms with E-state index in [-0.39, 0.29) is 18.2 Å². The van der Waals surface area contributed by atoms with Gasteiger partial charge in [-0.05, 0) is 45.2 Å². The van der Waals surface area contributed by atoms with Crippen molar-refractivity contribution >= 4 is 5.69 Å². The molecule has 0 aromatic carbocycles. The molecule has 0 saturated heterocycles. The summed E-state index contributed by atoms with van der Waals surface area (Å²) in [6.07, 6.45) is 4.49. The predicted molar refractivity (Wildman–Crippen MR) is 67.3 cm³/mol. The standard InChI is InChI=1S/C13H20N2O2/c1-9(2)17-13-11(6-4-8-14-13)15-10-5-3-7-12(10)16/h4,6,8-10,12,15-16H,3,5,7H2,1-2H3/t10-,12-/m1/s1. The number of anilines is 1. The third-order valence-corrected chi connectivity index (χ3v) is 2.94. The Labute approximate surface area is 102 Å². The summed E-state index contributed by atoms with van der Waals surface area (Å²) in [7, 11) is 0. The number of aromatic nitrogens is 1. The molecule has 94 valence electrons. The smallest absolute Gasteiger partial charge is 0.237 e. The summed E-state index contributed by atoms with van der Waals surface area (Å²) in [6, 6.07) is 3.93. The van der Waals surface area contributed by atoms with Crippen LogP contribution < -0.4 is 10.1 Å². The van der Waals surface area contributed by atoms with Gasteiger partial charge >= 0.3 is 0 Å². The first kappa shape index (κ1) is 12.2. The van der Waals surface area contributed by atoms with Gasteiger partial charge in [0.15, 0.2) is 0 Å². The summed E-state index contributed by atoms with van der Waals surface area (Å²) in [4.78, 5) is 4.22. The van der Waals surface area contributed by atoms with Crippen molar-refractivity contribution in [3.05, 3.63) is 18.3 Å². The van der Waals surface area contributed by atoms with Crippen molar-refractivity contribution in [2.45, 2.75) is 51.4 Å². The van der Waals surface area contributed by atoms with Crippen LogP contribution in [0.3, 0.4) is 0 Å². The Balaban J connectivity index is 2.09. The molecule has 2 N–H and O–H groups in total. The fraction of sp³-hybridized carbons (Fsp3) is 0.615. The lowest BCUT2D eigenvalue weighted by molar-refractivity contribution is 0.171. The molecule has 0 bridgehead atoms. The van der Waals surface area contributed by atoms with Crippen LogP contribution in [-0.2, 0) is 0 Å². The minimum Gasteiger partial charge on any atom is -0.473 e. The van der Waals surface area contributed by atoms with Gasteiger partial charge in [0.1, 0.15) is 0 Å². The van der Waals surface area contributed by atoms with Gasteiger partial charge in [0.05, 0.1) is 23.9 Å². The van der Waals surface area contributed by atoms with Gasteiger partial charge in [-0.3, -0.25) is 0 Å². The van der Waals surface area contributed by atoms with Gasteiger partial charge in [-0.1, -0.05) is 0 Å². The minimum absolute atomic E-state index is 0.0963. The molecule has 0 radical (unpaired) electrons. The number of nitrogens with zero attached hydrogens (tertiary/aromatic N) is 1. The fourth-order valence-electron chi connectivity index (χ4n) is 2.13. The normalized spacial score (nSPS) is 24.0. The van der Waals surface area contributed by atoms with E-state index < -0.39 is 0 Å². The molecule has 1 aliphatic rings. The molecule has 4 nitrogen and oxygen atoms in total. The Morgan fingerprint density at radius 1 is 1.47 bits per heavy atom. The van der Waals surface area contributed by atoms with E-state index in [4.69, 9.17) is 4.74 Å². The average molecular weight is 236 g/mol. The highest BCUT2D eigenvalue weighted by atomic mass is 16.5. The van der Waals surface area contributed by atoms with Gasteiger partial charge in [0, 0.05) is 6.20 Å². The van der Waals surface area contributed by atoms with E-state index in [9.17, 15) is 5.11 Å². The van der Waals surface area contributed by atoms with Crippen molar-refractivity contribution in [2.75, 3.05) is 5.32 Å². The Hall–Kier alpha value is -1.29. The zero-order valence-corrected chi connectivity index (χ0v) is 10.4. The Morgan fingerprint density at radius 3 is 2.94 bits per heavy atom. The van der Waals surface area contributed by atoms with E-state index in [1.807, 2.05) is 26.0 Å². The molecule has 2 atom stereocenters. The van der Waals surface area contributed by atoms with E-state index in [0.717, 1.165) is 24.9 Å². The van der Waals surface area contributed by atoms with Crippen LogP contribution in [-0.4, -0.2) is 28.3 Å². The summed E-state index contributed by atoms with van der Waals surface area (Å²) in [6.45, 7) is 3.95. The molecule has 1 aromatic rings. The molecule has 1 aromatic heterocycles. The molecule has 0 spiro atoms. The zero-order chi connectivity index (χ0) is 12.3. The van der Waals surface area contributed by atoms with Crippen LogP contribution in [0.2, 0.25) is 0 Å². The summed E-state index contributed by atoms with van der Waals surface area (Å²) >= 11 is 0. The number of rotatable bonds is 4. The van der Waals surface area contributed by atoms with E-state index in [0.29, 0.717) is 5.88 Å². The SMILES string of the molecule is CC(C)Oc1ncccc1N[C@@H]1CCC[C@H]1O. The van der Waals surface area contributed by atoms with Crippen LogP contribution in [0.25, 0.3) is 0 Å². The van der Waals surface area contributed by atoms with Crippen molar-refractivity contribution in [1.29, 1.82) is 0 Å². The second-order valence-electron chi connectivity index (χ2n) is 4.77. The van der Waals surface area contributed by atoms with Crippen LogP contribution in [0.1, 0.15) is 33.1 Å². The largest absolute Gasteiger partial charge is 0.473 e. The number of aliphatic hydroxyl groups is 1. The maximum absolute atomic E-state index is 9.80. The zero-order valence-electron chi connectivity index (χ0n) is 10.4. The molecule has 1 aliphatic carbocycles. The first-order chi connectivity index (χ1) is 8.16. The number of hydrogen-bond acceptors (Lipinski definition) is 4. The molecular weight excluding hydrogens is 216 g/mol. The third-order valence-electron chi connectivity index (χ3n) is 2.94. The van der Waals surface area contributed by atoms with Crippen LogP contribution in [0.15, 0.2) is 18.3 Å². The lowest BCUT2D eigenvalue weighted by atomic mass is 10.2. The van der Waals surface area contributed by atoms with Crippen molar-refractivity contribution in [3.8, 4) is 5.88 Å². The van der Waals surface area contributed by atoms with Gasteiger partial charge < -0.3 is 15.2 Å². The van der Waals surface area contributed by atoms with Crippen molar-refractivity contribution in [1.82, 2.24) is 4.98 Å². The second kappa shape index (κ2) is 5.36. The molecular formula is C13H20N2O2. The lowest BCUT2D eigenvalue weighted by Crippen LogP contribution is -2.28. The average Bonchev–Trinajstić information content (AvgIpc) is 2.67. The quantitative estimate of drug-likeness (QED) is 0.841. The van der Waals surface area contributed by atoms with Gasteiger partial charge in [-0.25, -0.2) is 4.98 Å². The summed E-state index contributed by atoms with van der Waals surface area (Å²) in [5.41, 5.74) is 0.868. The summed E-state index contributed by atoms with van der Waals surface area (Å²) < 4.78 is 5.64. The van der Waals surface area contributed by atoms with E-state index in [2.05, 4.69) is 10.3 Å². The van der Waals surface area contributed by atoms with Gasteiger partial charge in [0.2, 0.25) is 5.88 Å². The number of aliphatic hydroxyl groups excluding tert-OH is 1. The molecule has 0 amide bonds. The summed E-state index contributed by atoms with van der Waals surface area (Å²) in [5.74, 6) is 0.613. The molecule has 0 unspecified atom stereocenters. The molecule has 1 saturated carbocycles. The number of hydrogen-bond donors (Lipinski definition) is 2. The van der Waals surface area contributed by atoms with Gasteiger partial charge in [-0.2, -0.15) is 0 Å². The first-order valence-electron chi connectivity index (χ1n) is 6.23. The highest BCUT2D eigenvalue weighted by molar-refractivity contribution is 5.53.